The van der Waals surface area contributed by atoms with Crippen LogP contribution in [0.3, 0.4) is 0 Å². The molecule has 0 saturated carbocycles. The maximum absolute atomic E-state index is 12.4. The number of benzene rings is 1. The van der Waals surface area contributed by atoms with Crippen molar-refractivity contribution in [1.82, 2.24) is 20.3 Å². The molecule has 1 N–H and O–H groups in total. The molecule has 2 aromatic heterocycles. The normalized spacial score (nSPS) is 11.9. The molecule has 1 amide bonds. The molecule has 3 aromatic rings. The average molecular weight is 340 g/mol. The van der Waals surface area contributed by atoms with Gasteiger partial charge in [0.05, 0.1) is 23.0 Å². The van der Waals surface area contributed by atoms with Gasteiger partial charge >= 0.3 is 0 Å². The lowest BCUT2D eigenvalue weighted by molar-refractivity contribution is 0.0919. The van der Waals surface area contributed by atoms with Gasteiger partial charge < -0.3 is 5.32 Å². The van der Waals surface area contributed by atoms with Crippen LogP contribution in [0.25, 0.3) is 5.69 Å². The molecule has 0 bridgehead atoms. The molecule has 0 aliphatic rings. The Kier molecular flexibility index (Phi) is 4.81. The summed E-state index contributed by atoms with van der Waals surface area (Å²) in [4.78, 5) is 25.2. The van der Waals surface area contributed by atoms with E-state index in [4.69, 9.17) is 0 Å². The van der Waals surface area contributed by atoms with Crippen LogP contribution < -0.4 is 5.32 Å². The number of ketones is 1. The maximum atomic E-state index is 12.4. The molecule has 0 aliphatic carbocycles. The second-order valence-corrected chi connectivity index (χ2v) is 6.32. The number of carbonyl (C=O) groups excluding carboxylic acids is 2. The van der Waals surface area contributed by atoms with E-state index in [1.807, 2.05) is 24.4 Å². The number of amides is 1. The second-order valence-electron chi connectivity index (χ2n) is 5.38. The first-order valence-electron chi connectivity index (χ1n) is 7.48. The lowest BCUT2D eigenvalue weighted by atomic mass is 10.1. The van der Waals surface area contributed by atoms with Crippen molar-refractivity contribution in [3.63, 3.8) is 0 Å². The van der Waals surface area contributed by atoms with E-state index >= 15 is 0 Å². The van der Waals surface area contributed by atoms with Gasteiger partial charge in [-0.2, -0.15) is 0 Å². The summed E-state index contributed by atoms with van der Waals surface area (Å²) in [6.45, 7) is 1.82. The van der Waals surface area contributed by atoms with Crippen LogP contribution in [-0.2, 0) is 0 Å². The number of nitrogens with zero attached hydrogens (tertiary/aromatic N) is 3. The maximum Gasteiger partial charge on any atom is 0.251 e. The van der Waals surface area contributed by atoms with Crippen LogP contribution in [0.4, 0.5) is 0 Å². The molecule has 122 valence electrons. The van der Waals surface area contributed by atoms with Crippen molar-refractivity contribution in [2.24, 2.45) is 0 Å². The van der Waals surface area contributed by atoms with E-state index in [1.165, 1.54) is 11.3 Å². The van der Waals surface area contributed by atoms with E-state index in [9.17, 15) is 9.59 Å². The highest BCUT2D eigenvalue weighted by molar-refractivity contribution is 7.12. The van der Waals surface area contributed by atoms with Crippen LogP contribution in [-0.4, -0.2) is 32.7 Å². The molecule has 0 fully saturated rings. The van der Waals surface area contributed by atoms with Crippen LogP contribution >= 0.6 is 11.3 Å². The summed E-state index contributed by atoms with van der Waals surface area (Å²) in [6.07, 6.45) is 3.55. The summed E-state index contributed by atoms with van der Waals surface area (Å²) in [7, 11) is 0. The summed E-state index contributed by atoms with van der Waals surface area (Å²) in [5.74, 6) is -0.183. The molecule has 3 rings (SSSR count). The molecule has 0 unspecified atom stereocenters. The second kappa shape index (κ2) is 7.18. The van der Waals surface area contributed by atoms with Gasteiger partial charge in [-0.15, -0.1) is 16.4 Å². The monoisotopic (exact) mass is 340 g/mol. The summed E-state index contributed by atoms with van der Waals surface area (Å²) in [6, 6.07) is 10.5. The van der Waals surface area contributed by atoms with Crippen LogP contribution in [0, 0.1) is 0 Å². The molecule has 0 saturated heterocycles. The Labute approximate surface area is 143 Å². The van der Waals surface area contributed by atoms with Gasteiger partial charge in [0.1, 0.15) is 0 Å². The van der Waals surface area contributed by atoms with Crippen LogP contribution in [0.2, 0.25) is 0 Å². The molecular formula is C17H16N4O2S. The highest BCUT2D eigenvalue weighted by atomic mass is 32.1. The Hall–Kier alpha value is -2.80. The lowest BCUT2D eigenvalue weighted by Crippen LogP contribution is -2.34. The largest absolute Gasteiger partial charge is 0.349 e. The Morgan fingerprint density at radius 3 is 2.88 bits per heavy atom. The number of hydrogen-bond donors (Lipinski definition) is 1. The van der Waals surface area contributed by atoms with Crippen molar-refractivity contribution in [3.05, 3.63) is 64.6 Å². The highest BCUT2D eigenvalue weighted by Gasteiger charge is 2.15. The minimum Gasteiger partial charge on any atom is -0.349 e. The van der Waals surface area contributed by atoms with Gasteiger partial charge in [-0.05, 0) is 36.6 Å². The van der Waals surface area contributed by atoms with E-state index in [0.29, 0.717) is 10.4 Å². The molecular weight excluding hydrogens is 324 g/mol. The molecule has 24 heavy (non-hydrogen) atoms. The SMILES string of the molecule is C[C@H](CC(=O)c1cccs1)NC(=O)c1cccc(-n2ccnn2)c1. The summed E-state index contributed by atoms with van der Waals surface area (Å²) >= 11 is 1.41. The fraction of sp³-hybridized carbons (Fsp3) is 0.176. The lowest BCUT2D eigenvalue weighted by Gasteiger charge is -2.13. The molecule has 0 spiro atoms. The van der Waals surface area contributed by atoms with Crippen molar-refractivity contribution >= 4 is 23.0 Å². The van der Waals surface area contributed by atoms with Gasteiger partial charge in [-0.1, -0.05) is 17.3 Å². The van der Waals surface area contributed by atoms with Crippen LogP contribution in [0.15, 0.2) is 54.2 Å². The minimum absolute atomic E-state index is 0.0363. The zero-order chi connectivity index (χ0) is 16.9. The highest BCUT2D eigenvalue weighted by Crippen LogP contribution is 2.13. The van der Waals surface area contributed by atoms with E-state index in [-0.39, 0.29) is 24.2 Å². The minimum atomic E-state index is -0.248. The number of hydrogen-bond acceptors (Lipinski definition) is 5. The van der Waals surface area contributed by atoms with Crippen molar-refractivity contribution in [3.8, 4) is 5.69 Å². The van der Waals surface area contributed by atoms with E-state index in [0.717, 1.165) is 5.69 Å². The first-order chi connectivity index (χ1) is 11.6. The third-order valence-electron chi connectivity index (χ3n) is 3.46. The van der Waals surface area contributed by atoms with Crippen molar-refractivity contribution in [2.75, 3.05) is 0 Å². The standard InChI is InChI=1S/C17H16N4O2S/c1-12(10-15(22)16-6-3-9-24-16)19-17(23)13-4-2-5-14(11-13)21-8-7-18-20-21/h2-9,11-12H,10H2,1H3,(H,19,23)/t12-/m1/s1. The molecule has 1 aromatic carbocycles. The summed E-state index contributed by atoms with van der Waals surface area (Å²) < 4.78 is 1.58. The molecule has 1 atom stereocenters. The van der Waals surface area contributed by atoms with E-state index < -0.39 is 0 Å². The van der Waals surface area contributed by atoms with Crippen LogP contribution in [0.1, 0.15) is 33.4 Å². The Morgan fingerprint density at radius 2 is 2.17 bits per heavy atom. The van der Waals surface area contributed by atoms with Gasteiger partial charge in [0.25, 0.3) is 5.91 Å². The number of carbonyl (C=O) groups is 2. The predicted molar refractivity (Wildman–Crippen MR) is 91.6 cm³/mol. The summed E-state index contributed by atoms with van der Waals surface area (Å²) in [5, 5.41) is 12.4. The van der Waals surface area contributed by atoms with Crippen molar-refractivity contribution in [2.45, 2.75) is 19.4 Å². The fourth-order valence-corrected chi connectivity index (χ4v) is 2.99. The van der Waals surface area contributed by atoms with E-state index in [2.05, 4.69) is 15.6 Å². The van der Waals surface area contributed by atoms with Crippen molar-refractivity contribution < 1.29 is 9.59 Å². The third kappa shape index (κ3) is 3.75. The smallest absolute Gasteiger partial charge is 0.251 e. The first kappa shape index (κ1) is 16.1. The number of thiophene rings is 1. The molecule has 2 heterocycles. The number of rotatable bonds is 6. The molecule has 0 radical (unpaired) electrons. The Balaban J connectivity index is 1.64. The molecule has 6 nitrogen and oxygen atoms in total. The molecule has 7 heteroatoms. The number of aromatic nitrogens is 3. The first-order valence-corrected chi connectivity index (χ1v) is 8.36. The Morgan fingerprint density at radius 1 is 1.29 bits per heavy atom. The topological polar surface area (TPSA) is 76.9 Å². The fourth-order valence-electron chi connectivity index (χ4n) is 2.31. The van der Waals surface area contributed by atoms with Gasteiger partial charge in [-0.25, -0.2) is 4.68 Å². The van der Waals surface area contributed by atoms with Gasteiger partial charge in [0, 0.05) is 18.0 Å². The Bertz CT molecular complexity index is 828. The molecule has 0 aliphatic heterocycles. The van der Waals surface area contributed by atoms with Gasteiger partial charge in [-0.3, -0.25) is 9.59 Å². The van der Waals surface area contributed by atoms with Crippen molar-refractivity contribution in [1.29, 1.82) is 0 Å². The predicted octanol–water partition coefficient (Wildman–Crippen LogP) is 2.72. The quantitative estimate of drug-likeness (QED) is 0.700. The van der Waals surface area contributed by atoms with E-state index in [1.54, 1.807) is 41.3 Å². The zero-order valence-corrected chi connectivity index (χ0v) is 13.9. The average Bonchev–Trinajstić information content (AvgIpc) is 3.28. The number of Topliss-reactive ketones (excluding diaryl/α,β-unsaturated/α-hetero) is 1. The number of nitrogens with one attached hydrogen (secondary N) is 1. The summed E-state index contributed by atoms with van der Waals surface area (Å²) in [5.41, 5.74) is 1.26. The van der Waals surface area contributed by atoms with Crippen LogP contribution in [0.5, 0.6) is 0 Å². The zero-order valence-electron chi connectivity index (χ0n) is 13.0. The third-order valence-corrected chi connectivity index (χ3v) is 4.37. The van der Waals surface area contributed by atoms with Gasteiger partial charge in [0.15, 0.2) is 5.78 Å². The van der Waals surface area contributed by atoms with Gasteiger partial charge in [0.2, 0.25) is 0 Å².